The summed E-state index contributed by atoms with van der Waals surface area (Å²) in [6, 6.07) is 8.49. The normalized spacial score (nSPS) is 18.1. The summed E-state index contributed by atoms with van der Waals surface area (Å²) in [5.41, 5.74) is 4.66. The molecular weight excluding hydrogens is 374 g/mol. The number of hydrogen-bond acceptors (Lipinski definition) is 4. The molecule has 0 radical (unpaired) electrons. The maximum absolute atomic E-state index is 13.1. The van der Waals surface area contributed by atoms with Gasteiger partial charge in [-0.15, -0.1) is 0 Å². The molecule has 0 saturated heterocycles. The molecule has 5 heteroatoms. The van der Waals surface area contributed by atoms with E-state index in [2.05, 4.69) is 43.5 Å². The highest BCUT2D eigenvalue weighted by Crippen LogP contribution is 2.51. The minimum Gasteiger partial charge on any atom is -0.493 e. The van der Waals surface area contributed by atoms with E-state index in [-0.39, 0.29) is 27.6 Å². The predicted molar refractivity (Wildman–Crippen MR) is 120 cm³/mol. The summed E-state index contributed by atoms with van der Waals surface area (Å²) in [6.07, 6.45) is 6.40. The second kappa shape index (κ2) is 7.21. The van der Waals surface area contributed by atoms with Gasteiger partial charge >= 0.3 is 0 Å². The Morgan fingerprint density at radius 2 is 2.10 bits per heavy atom. The molecule has 0 amide bonds. The number of pyridine rings is 1. The number of hydrogen-bond donors (Lipinski definition) is 1. The van der Waals surface area contributed by atoms with Crippen LogP contribution in [0.3, 0.4) is 0 Å². The van der Waals surface area contributed by atoms with Crippen molar-refractivity contribution < 1.29 is 5.11 Å². The SMILES string of the molecule is C=c1c(C#N)c(O)n(CCCC)c(=O)c1=CC=C1N2CCc3cccc(c32)C1(C)C. The van der Waals surface area contributed by atoms with Crippen LogP contribution in [0.4, 0.5) is 5.69 Å². The van der Waals surface area contributed by atoms with Crippen LogP contribution in [0, 0.1) is 11.3 Å². The van der Waals surface area contributed by atoms with E-state index in [1.807, 2.05) is 19.1 Å². The summed E-state index contributed by atoms with van der Waals surface area (Å²) in [7, 11) is 0. The van der Waals surface area contributed by atoms with Crippen molar-refractivity contribution in [2.24, 2.45) is 0 Å². The largest absolute Gasteiger partial charge is 0.493 e. The molecule has 2 aliphatic heterocycles. The molecule has 1 aromatic carbocycles. The van der Waals surface area contributed by atoms with Crippen LogP contribution in [-0.2, 0) is 18.4 Å². The van der Waals surface area contributed by atoms with Crippen LogP contribution >= 0.6 is 0 Å². The number of unbranched alkanes of at least 4 members (excludes halogenated alkanes) is 1. The van der Waals surface area contributed by atoms with Gasteiger partial charge in [0.05, 0.1) is 0 Å². The second-order valence-electron chi connectivity index (χ2n) is 8.57. The highest BCUT2D eigenvalue weighted by molar-refractivity contribution is 5.77. The number of aromatic nitrogens is 1. The number of rotatable bonds is 4. The quantitative estimate of drug-likeness (QED) is 0.855. The fourth-order valence-corrected chi connectivity index (χ4v) is 4.73. The van der Waals surface area contributed by atoms with Gasteiger partial charge in [-0.25, -0.2) is 0 Å². The molecule has 4 rings (SSSR count). The molecule has 1 N–H and O–H groups in total. The standard InChI is InChI=1S/C25H27N3O2/c1-5-6-13-28-23(29)18(16(2)19(15-26)24(28)30)10-11-21-25(3,4)20-9-7-8-17-12-14-27(21)22(17)20/h7-11,30H,2,5-6,12-14H2,1,3-4H3. The molecule has 2 aliphatic rings. The third-order valence-corrected chi connectivity index (χ3v) is 6.44. The number of nitrogens with zero attached hydrogens (tertiary/aromatic N) is 3. The van der Waals surface area contributed by atoms with E-state index >= 15 is 0 Å². The highest BCUT2D eigenvalue weighted by atomic mass is 16.3. The minimum atomic E-state index is -0.308. The number of nitriles is 1. The van der Waals surface area contributed by atoms with Gasteiger partial charge in [-0.05, 0) is 36.1 Å². The number of anilines is 1. The molecule has 0 bridgehead atoms. The Morgan fingerprint density at radius 3 is 2.80 bits per heavy atom. The van der Waals surface area contributed by atoms with Crippen LogP contribution in [0.1, 0.15) is 50.3 Å². The van der Waals surface area contributed by atoms with Crippen molar-refractivity contribution in [2.75, 3.05) is 11.4 Å². The lowest BCUT2D eigenvalue weighted by atomic mass is 9.82. The summed E-state index contributed by atoms with van der Waals surface area (Å²) in [4.78, 5) is 15.4. The van der Waals surface area contributed by atoms with Crippen molar-refractivity contribution in [3.05, 3.63) is 67.5 Å². The monoisotopic (exact) mass is 401 g/mol. The summed E-state index contributed by atoms with van der Waals surface area (Å²) >= 11 is 0. The van der Waals surface area contributed by atoms with E-state index in [9.17, 15) is 15.2 Å². The third kappa shape index (κ3) is 2.79. The Kier molecular flexibility index (Phi) is 4.82. The zero-order chi connectivity index (χ0) is 21.6. The first kappa shape index (κ1) is 20.0. The van der Waals surface area contributed by atoms with Crippen LogP contribution in [0.5, 0.6) is 5.88 Å². The fraction of sp³-hybridized carbons (Fsp3) is 0.360. The Balaban J connectivity index is 1.92. The molecule has 0 aliphatic carbocycles. The summed E-state index contributed by atoms with van der Waals surface area (Å²) in [5, 5.41) is 20.6. The van der Waals surface area contributed by atoms with Gasteiger partial charge in [0.2, 0.25) is 5.88 Å². The van der Waals surface area contributed by atoms with E-state index < -0.39 is 0 Å². The maximum atomic E-state index is 13.1. The van der Waals surface area contributed by atoms with Gasteiger partial charge in [-0.2, -0.15) is 5.26 Å². The number of allylic oxidation sites excluding steroid dienone is 2. The lowest BCUT2D eigenvalue weighted by Gasteiger charge is -2.25. The summed E-state index contributed by atoms with van der Waals surface area (Å²) in [6.45, 7) is 11.6. The van der Waals surface area contributed by atoms with Gasteiger partial charge in [0.1, 0.15) is 11.6 Å². The van der Waals surface area contributed by atoms with Gasteiger partial charge in [0.25, 0.3) is 5.56 Å². The van der Waals surface area contributed by atoms with Crippen molar-refractivity contribution >= 4 is 18.3 Å². The van der Waals surface area contributed by atoms with Gasteiger partial charge in [-0.1, -0.05) is 52.0 Å². The molecule has 0 fully saturated rings. The fourth-order valence-electron chi connectivity index (χ4n) is 4.73. The van der Waals surface area contributed by atoms with E-state index in [1.54, 1.807) is 6.08 Å². The van der Waals surface area contributed by atoms with E-state index in [0.29, 0.717) is 11.8 Å². The summed E-state index contributed by atoms with van der Waals surface area (Å²) in [5.74, 6) is -0.288. The van der Waals surface area contributed by atoms with Crippen LogP contribution in [0.25, 0.3) is 12.7 Å². The number of aromatic hydroxyl groups is 1. The van der Waals surface area contributed by atoms with E-state index in [0.717, 1.165) is 31.5 Å². The van der Waals surface area contributed by atoms with Gasteiger partial charge in [-0.3, -0.25) is 9.36 Å². The smallest absolute Gasteiger partial charge is 0.261 e. The number of para-hydroxylation sites is 1. The second-order valence-corrected chi connectivity index (χ2v) is 8.57. The van der Waals surface area contributed by atoms with E-state index in [1.165, 1.54) is 21.4 Å². The first-order valence-electron chi connectivity index (χ1n) is 10.5. The average molecular weight is 402 g/mol. The van der Waals surface area contributed by atoms with E-state index in [4.69, 9.17) is 0 Å². The van der Waals surface area contributed by atoms with Crippen LogP contribution in [-0.4, -0.2) is 16.2 Å². The van der Waals surface area contributed by atoms with Crippen LogP contribution in [0.2, 0.25) is 0 Å². The van der Waals surface area contributed by atoms with Crippen LogP contribution < -0.4 is 20.9 Å². The highest BCUT2D eigenvalue weighted by Gasteiger charge is 2.43. The minimum absolute atomic E-state index is 0.0628. The van der Waals surface area contributed by atoms with Crippen molar-refractivity contribution in [1.82, 2.24) is 4.57 Å². The van der Waals surface area contributed by atoms with Gasteiger partial charge in [0.15, 0.2) is 0 Å². The lowest BCUT2D eigenvalue weighted by Crippen LogP contribution is -2.45. The Bertz CT molecular complexity index is 1280. The maximum Gasteiger partial charge on any atom is 0.261 e. The molecule has 2 aromatic rings. The molecule has 30 heavy (non-hydrogen) atoms. The first-order chi connectivity index (χ1) is 14.3. The first-order valence-corrected chi connectivity index (χ1v) is 10.5. The Morgan fingerprint density at radius 1 is 1.33 bits per heavy atom. The molecule has 0 spiro atoms. The Labute approximate surface area is 176 Å². The molecule has 0 unspecified atom stereocenters. The molecule has 1 aromatic heterocycles. The third-order valence-electron chi connectivity index (χ3n) is 6.44. The predicted octanol–water partition coefficient (Wildman–Crippen LogP) is 2.65. The molecular formula is C25H27N3O2. The van der Waals surface area contributed by atoms with Gasteiger partial charge in [0, 0.05) is 40.3 Å². The molecule has 0 saturated carbocycles. The van der Waals surface area contributed by atoms with Crippen molar-refractivity contribution in [1.29, 1.82) is 5.26 Å². The summed E-state index contributed by atoms with van der Waals surface area (Å²) < 4.78 is 1.30. The zero-order valence-electron chi connectivity index (χ0n) is 17.8. The number of benzene rings is 1. The lowest BCUT2D eigenvalue weighted by molar-refractivity contribution is 0.398. The molecule has 3 heterocycles. The zero-order valence-corrected chi connectivity index (χ0v) is 17.8. The van der Waals surface area contributed by atoms with Gasteiger partial charge < -0.3 is 10.0 Å². The molecule has 154 valence electrons. The van der Waals surface area contributed by atoms with Crippen molar-refractivity contribution in [3.63, 3.8) is 0 Å². The van der Waals surface area contributed by atoms with Crippen molar-refractivity contribution in [2.45, 2.75) is 52.0 Å². The topological polar surface area (TPSA) is 69.3 Å². The Hall–Kier alpha value is -3.26. The average Bonchev–Trinajstić information content (AvgIpc) is 3.23. The molecule has 5 nitrogen and oxygen atoms in total. The molecule has 0 atom stereocenters. The van der Waals surface area contributed by atoms with Crippen LogP contribution in [0.15, 0.2) is 34.8 Å². The van der Waals surface area contributed by atoms with Crippen molar-refractivity contribution in [3.8, 4) is 11.9 Å².